The van der Waals surface area contributed by atoms with Crippen LogP contribution in [0.5, 0.6) is 0 Å². The number of aryl methyl sites for hydroxylation is 2. The molecule has 0 atom stereocenters. The number of pyridine rings is 1. The fourth-order valence-electron chi connectivity index (χ4n) is 2.30. The highest BCUT2D eigenvalue weighted by Crippen LogP contribution is 2.21. The molecule has 1 N–H and O–H groups in total. The average Bonchev–Trinajstić information content (AvgIpc) is 2.48. The lowest BCUT2D eigenvalue weighted by Gasteiger charge is -2.14. The Morgan fingerprint density at radius 2 is 1.91 bits per heavy atom. The molecule has 2 aromatic rings. The standard InChI is InChI=1S/C17H19NO4/c1-11-4-5-13(10-12(11)2)15-7-6-14(17(20)21)16(19)18(15)8-9-22-3/h4-7,10H,8-9H2,1-3H3,(H,20,21). The maximum atomic E-state index is 12.4. The molecule has 2 rings (SSSR count). The summed E-state index contributed by atoms with van der Waals surface area (Å²) < 4.78 is 6.48. The molecule has 0 fully saturated rings. The van der Waals surface area contributed by atoms with Crippen molar-refractivity contribution in [1.29, 1.82) is 0 Å². The van der Waals surface area contributed by atoms with E-state index in [0.717, 1.165) is 16.7 Å². The number of benzene rings is 1. The van der Waals surface area contributed by atoms with Gasteiger partial charge in [-0.05, 0) is 48.7 Å². The van der Waals surface area contributed by atoms with E-state index in [1.807, 2.05) is 32.0 Å². The van der Waals surface area contributed by atoms with Gasteiger partial charge in [-0.1, -0.05) is 12.1 Å². The summed E-state index contributed by atoms with van der Waals surface area (Å²) >= 11 is 0. The number of aromatic carboxylic acids is 1. The van der Waals surface area contributed by atoms with Gasteiger partial charge in [0.2, 0.25) is 0 Å². The molecule has 0 aliphatic rings. The zero-order valence-electron chi connectivity index (χ0n) is 12.9. The predicted molar refractivity (Wildman–Crippen MR) is 84.4 cm³/mol. The molecule has 0 spiro atoms. The van der Waals surface area contributed by atoms with E-state index >= 15 is 0 Å². The highest BCUT2D eigenvalue weighted by molar-refractivity contribution is 5.87. The van der Waals surface area contributed by atoms with Crippen LogP contribution >= 0.6 is 0 Å². The molecule has 1 aromatic carbocycles. The van der Waals surface area contributed by atoms with Gasteiger partial charge in [-0.3, -0.25) is 4.79 Å². The van der Waals surface area contributed by atoms with Crippen molar-refractivity contribution < 1.29 is 14.6 Å². The Kier molecular flexibility index (Phi) is 4.78. The third-order valence-electron chi connectivity index (χ3n) is 3.73. The van der Waals surface area contributed by atoms with Gasteiger partial charge < -0.3 is 14.4 Å². The van der Waals surface area contributed by atoms with Crippen LogP contribution < -0.4 is 5.56 Å². The van der Waals surface area contributed by atoms with Gasteiger partial charge in [0.05, 0.1) is 12.3 Å². The van der Waals surface area contributed by atoms with E-state index in [-0.39, 0.29) is 5.56 Å². The summed E-state index contributed by atoms with van der Waals surface area (Å²) in [4.78, 5) is 23.5. The van der Waals surface area contributed by atoms with Crippen molar-refractivity contribution in [2.75, 3.05) is 13.7 Å². The van der Waals surface area contributed by atoms with Gasteiger partial charge in [-0.15, -0.1) is 0 Å². The van der Waals surface area contributed by atoms with Crippen molar-refractivity contribution in [2.24, 2.45) is 0 Å². The Bertz CT molecular complexity index is 762. The molecule has 0 saturated carbocycles. The molecule has 5 heteroatoms. The van der Waals surface area contributed by atoms with Gasteiger partial charge in [0.15, 0.2) is 0 Å². The van der Waals surface area contributed by atoms with Crippen LogP contribution in [0.15, 0.2) is 35.1 Å². The summed E-state index contributed by atoms with van der Waals surface area (Å²) in [7, 11) is 1.54. The number of hydrogen-bond donors (Lipinski definition) is 1. The summed E-state index contributed by atoms with van der Waals surface area (Å²) in [5.74, 6) is -1.22. The van der Waals surface area contributed by atoms with E-state index in [1.165, 1.54) is 10.6 Å². The lowest BCUT2D eigenvalue weighted by Crippen LogP contribution is -2.28. The summed E-state index contributed by atoms with van der Waals surface area (Å²) in [6.45, 7) is 4.66. The first-order chi connectivity index (χ1) is 10.5. The first-order valence-corrected chi connectivity index (χ1v) is 6.99. The van der Waals surface area contributed by atoms with E-state index in [0.29, 0.717) is 18.8 Å². The smallest absolute Gasteiger partial charge is 0.341 e. The zero-order chi connectivity index (χ0) is 16.3. The quantitative estimate of drug-likeness (QED) is 0.921. The molecule has 0 saturated heterocycles. The van der Waals surface area contributed by atoms with Crippen molar-refractivity contribution in [3.05, 3.63) is 57.4 Å². The van der Waals surface area contributed by atoms with Crippen LogP contribution in [-0.4, -0.2) is 29.4 Å². The number of carbonyl (C=O) groups is 1. The maximum absolute atomic E-state index is 12.4. The Morgan fingerprint density at radius 1 is 1.18 bits per heavy atom. The van der Waals surface area contributed by atoms with Crippen molar-refractivity contribution >= 4 is 5.97 Å². The third-order valence-corrected chi connectivity index (χ3v) is 3.73. The van der Waals surface area contributed by atoms with E-state index in [4.69, 9.17) is 9.84 Å². The second-order valence-electron chi connectivity index (χ2n) is 5.19. The Hall–Kier alpha value is -2.40. The van der Waals surface area contributed by atoms with Crippen LogP contribution in [0.1, 0.15) is 21.5 Å². The second kappa shape index (κ2) is 6.58. The number of ether oxygens (including phenoxy) is 1. The van der Waals surface area contributed by atoms with E-state index in [2.05, 4.69) is 0 Å². The lowest BCUT2D eigenvalue weighted by atomic mass is 10.0. The average molecular weight is 301 g/mol. The normalized spacial score (nSPS) is 10.7. The Labute approximate surface area is 128 Å². The summed E-state index contributed by atoms with van der Waals surface area (Å²) in [5.41, 5.74) is 3.11. The highest BCUT2D eigenvalue weighted by Gasteiger charge is 2.15. The number of aromatic nitrogens is 1. The summed E-state index contributed by atoms with van der Waals surface area (Å²) in [6.07, 6.45) is 0. The number of methoxy groups -OCH3 is 1. The van der Waals surface area contributed by atoms with Crippen LogP contribution in [0, 0.1) is 13.8 Å². The third kappa shape index (κ3) is 3.09. The van der Waals surface area contributed by atoms with Gasteiger partial charge in [-0.2, -0.15) is 0 Å². The maximum Gasteiger partial charge on any atom is 0.341 e. The van der Waals surface area contributed by atoms with Gasteiger partial charge in [-0.25, -0.2) is 4.79 Å². The minimum atomic E-state index is -1.22. The molecule has 0 unspecified atom stereocenters. The molecule has 22 heavy (non-hydrogen) atoms. The molecule has 0 amide bonds. The minimum absolute atomic E-state index is 0.233. The van der Waals surface area contributed by atoms with Gasteiger partial charge in [0.1, 0.15) is 5.56 Å². The van der Waals surface area contributed by atoms with Crippen molar-refractivity contribution in [1.82, 2.24) is 4.57 Å². The molecular weight excluding hydrogens is 282 g/mol. The number of nitrogens with zero attached hydrogens (tertiary/aromatic N) is 1. The SMILES string of the molecule is COCCn1c(-c2ccc(C)c(C)c2)ccc(C(=O)O)c1=O. The second-order valence-corrected chi connectivity index (χ2v) is 5.19. The largest absolute Gasteiger partial charge is 0.477 e. The number of carboxylic acid groups (broad SMARTS) is 1. The molecule has 0 bridgehead atoms. The molecule has 0 aliphatic heterocycles. The molecule has 116 valence electrons. The molecular formula is C17H19NO4. The van der Waals surface area contributed by atoms with E-state index < -0.39 is 11.5 Å². The summed E-state index contributed by atoms with van der Waals surface area (Å²) in [6, 6.07) is 8.94. The van der Waals surface area contributed by atoms with Crippen LogP contribution in [0.25, 0.3) is 11.3 Å². The van der Waals surface area contributed by atoms with Gasteiger partial charge in [0.25, 0.3) is 5.56 Å². The lowest BCUT2D eigenvalue weighted by molar-refractivity contribution is 0.0694. The Morgan fingerprint density at radius 3 is 2.50 bits per heavy atom. The first kappa shape index (κ1) is 16.0. The number of rotatable bonds is 5. The topological polar surface area (TPSA) is 68.5 Å². The fraction of sp³-hybridized carbons (Fsp3) is 0.294. The van der Waals surface area contributed by atoms with E-state index in [9.17, 15) is 9.59 Å². The molecule has 0 aliphatic carbocycles. The number of hydrogen-bond acceptors (Lipinski definition) is 3. The van der Waals surface area contributed by atoms with Crippen LogP contribution in [0.2, 0.25) is 0 Å². The Balaban J connectivity index is 2.63. The van der Waals surface area contributed by atoms with Crippen LogP contribution in [-0.2, 0) is 11.3 Å². The first-order valence-electron chi connectivity index (χ1n) is 6.99. The van der Waals surface area contributed by atoms with Crippen LogP contribution in [0.3, 0.4) is 0 Å². The number of carboxylic acids is 1. The molecule has 1 aromatic heterocycles. The monoisotopic (exact) mass is 301 g/mol. The molecule has 0 radical (unpaired) electrons. The zero-order valence-corrected chi connectivity index (χ0v) is 12.9. The van der Waals surface area contributed by atoms with E-state index in [1.54, 1.807) is 13.2 Å². The van der Waals surface area contributed by atoms with Gasteiger partial charge >= 0.3 is 5.97 Å². The van der Waals surface area contributed by atoms with Crippen molar-refractivity contribution in [2.45, 2.75) is 20.4 Å². The van der Waals surface area contributed by atoms with Gasteiger partial charge in [0, 0.05) is 13.7 Å². The molecule has 1 heterocycles. The highest BCUT2D eigenvalue weighted by atomic mass is 16.5. The summed E-state index contributed by atoms with van der Waals surface area (Å²) in [5, 5.41) is 9.11. The van der Waals surface area contributed by atoms with Crippen molar-refractivity contribution in [3.63, 3.8) is 0 Å². The van der Waals surface area contributed by atoms with Crippen molar-refractivity contribution in [3.8, 4) is 11.3 Å². The fourth-order valence-corrected chi connectivity index (χ4v) is 2.30. The molecule has 5 nitrogen and oxygen atoms in total. The minimum Gasteiger partial charge on any atom is -0.477 e. The van der Waals surface area contributed by atoms with Crippen LogP contribution in [0.4, 0.5) is 0 Å². The predicted octanol–water partition coefficient (Wildman–Crippen LogP) is 2.48.